The van der Waals surface area contributed by atoms with Gasteiger partial charge in [0, 0.05) is 10.5 Å². The number of thioether (sulfide) groups is 1. The molecule has 0 heterocycles. The van der Waals surface area contributed by atoms with Crippen molar-refractivity contribution in [1.29, 1.82) is 0 Å². The molecule has 0 saturated heterocycles. The molecule has 1 aromatic carbocycles. The van der Waals surface area contributed by atoms with Crippen LogP contribution in [0.1, 0.15) is 10.4 Å². The molecule has 0 spiro atoms. The summed E-state index contributed by atoms with van der Waals surface area (Å²) in [6.07, 6.45) is -4.91. The number of aldehydes is 1. The van der Waals surface area contributed by atoms with E-state index in [1.807, 2.05) is 0 Å². The van der Waals surface area contributed by atoms with E-state index in [-0.39, 0.29) is 11.8 Å². The molecule has 1 aromatic rings. The van der Waals surface area contributed by atoms with Gasteiger partial charge < -0.3 is 4.74 Å². The van der Waals surface area contributed by atoms with E-state index in [1.54, 1.807) is 0 Å². The van der Waals surface area contributed by atoms with Crippen molar-refractivity contribution in [2.45, 2.75) is 16.8 Å². The van der Waals surface area contributed by atoms with Gasteiger partial charge in [0.05, 0.1) is 0 Å². The molecule has 0 saturated carbocycles. The van der Waals surface area contributed by atoms with Crippen molar-refractivity contribution in [2.75, 3.05) is 0 Å². The van der Waals surface area contributed by atoms with Crippen molar-refractivity contribution in [3.8, 4) is 5.75 Å². The molecule has 0 aliphatic carbocycles. The maximum atomic E-state index is 12.1. The molecular weight excluding hydrogens is 286 g/mol. The smallest absolute Gasteiger partial charge is 0.406 e. The van der Waals surface area contributed by atoms with E-state index in [2.05, 4.69) is 4.74 Å². The van der Waals surface area contributed by atoms with Gasteiger partial charge in [-0.25, -0.2) is 0 Å². The second-order valence-corrected chi connectivity index (χ2v) is 4.09. The second-order valence-electron chi connectivity index (χ2n) is 2.95. The summed E-state index contributed by atoms with van der Waals surface area (Å²) in [6.45, 7) is 0. The molecule has 0 aromatic heterocycles. The normalized spacial score (nSPS) is 12.3. The van der Waals surface area contributed by atoms with Crippen LogP contribution in [-0.4, -0.2) is 18.2 Å². The van der Waals surface area contributed by atoms with Gasteiger partial charge in [-0.05, 0) is 30.0 Å². The van der Waals surface area contributed by atoms with Crippen LogP contribution in [0.15, 0.2) is 23.1 Å². The number of carbonyl (C=O) groups is 1. The summed E-state index contributed by atoms with van der Waals surface area (Å²) in [4.78, 5) is 9.85. The van der Waals surface area contributed by atoms with E-state index in [9.17, 15) is 31.1 Å². The molecule has 0 aliphatic rings. The first-order chi connectivity index (χ1) is 8.09. The minimum atomic E-state index is -5.04. The zero-order valence-corrected chi connectivity index (χ0v) is 9.12. The third kappa shape index (κ3) is 5.30. The Morgan fingerprint density at radius 2 is 1.67 bits per heavy atom. The molecular formula is C9H4F6O2S. The highest BCUT2D eigenvalue weighted by Gasteiger charge is 2.33. The molecule has 9 heteroatoms. The molecule has 0 amide bonds. The molecule has 18 heavy (non-hydrogen) atoms. The first-order valence-electron chi connectivity index (χ1n) is 4.21. The van der Waals surface area contributed by atoms with Crippen LogP contribution in [0.25, 0.3) is 0 Å². The Kier molecular flexibility index (Phi) is 4.15. The lowest BCUT2D eigenvalue weighted by Gasteiger charge is -2.11. The minimum absolute atomic E-state index is 0.129. The number of ether oxygens (including phenoxy) is 1. The number of hydrogen-bond donors (Lipinski definition) is 0. The summed E-state index contributed by atoms with van der Waals surface area (Å²) in [6, 6.07) is 2.06. The molecule has 0 bridgehead atoms. The molecule has 0 aliphatic heterocycles. The topological polar surface area (TPSA) is 26.3 Å². The van der Waals surface area contributed by atoms with E-state index >= 15 is 0 Å². The van der Waals surface area contributed by atoms with Crippen molar-refractivity contribution < 1.29 is 35.9 Å². The van der Waals surface area contributed by atoms with Crippen LogP contribution >= 0.6 is 11.8 Å². The average molecular weight is 290 g/mol. The van der Waals surface area contributed by atoms with Crippen LogP contribution in [0.4, 0.5) is 26.3 Å². The average Bonchev–Trinajstić information content (AvgIpc) is 2.11. The molecule has 0 N–H and O–H groups in total. The highest BCUT2D eigenvalue weighted by Crippen LogP contribution is 2.39. The van der Waals surface area contributed by atoms with Crippen molar-refractivity contribution in [2.24, 2.45) is 0 Å². The first-order valence-corrected chi connectivity index (χ1v) is 5.02. The summed E-state index contributed by atoms with van der Waals surface area (Å²) in [5, 5.41) is 0. The standard InChI is InChI=1S/C9H4F6O2S/c10-8(11,12)17-6-1-5(4-16)2-7(3-6)18-9(13,14)15/h1-4H. The fourth-order valence-electron chi connectivity index (χ4n) is 1.05. The Balaban J connectivity index is 3.05. The summed E-state index contributed by atoms with van der Waals surface area (Å²) in [5.41, 5.74) is -5.01. The van der Waals surface area contributed by atoms with Crippen LogP contribution in [0, 0.1) is 0 Å². The molecule has 100 valence electrons. The Morgan fingerprint density at radius 1 is 1.06 bits per heavy atom. The van der Waals surface area contributed by atoms with Crippen molar-refractivity contribution in [1.82, 2.24) is 0 Å². The van der Waals surface area contributed by atoms with Crippen LogP contribution in [0.5, 0.6) is 5.75 Å². The highest BCUT2D eigenvalue weighted by atomic mass is 32.2. The number of rotatable bonds is 3. The van der Waals surface area contributed by atoms with Gasteiger partial charge in [-0.15, -0.1) is 13.2 Å². The lowest BCUT2D eigenvalue weighted by atomic mass is 10.2. The van der Waals surface area contributed by atoms with Crippen molar-refractivity contribution >= 4 is 18.0 Å². The maximum Gasteiger partial charge on any atom is 0.573 e. The monoisotopic (exact) mass is 290 g/mol. The highest BCUT2D eigenvalue weighted by molar-refractivity contribution is 8.00. The number of hydrogen-bond acceptors (Lipinski definition) is 3. The Labute approximate surface area is 101 Å². The van der Waals surface area contributed by atoms with Crippen LogP contribution in [0.2, 0.25) is 0 Å². The number of carbonyl (C=O) groups excluding carboxylic acids is 1. The summed E-state index contributed by atoms with van der Waals surface area (Å²) in [7, 11) is 0. The minimum Gasteiger partial charge on any atom is -0.406 e. The van der Waals surface area contributed by atoms with Crippen molar-refractivity contribution in [3.05, 3.63) is 23.8 Å². The molecule has 1 rings (SSSR count). The Morgan fingerprint density at radius 3 is 2.11 bits per heavy atom. The summed E-state index contributed by atoms with van der Waals surface area (Å²) in [5.74, 6) is -0.876. The van der Waals surface area contributed by atoms with Gasteiger partial charge in [0.15, 0.2) is 0 Å². The van der Waals surface area contributed by atoms with E-state index in [1.165, 1.54) is 0 Å². The van der Waals surface area contributed by atoms with Gasteiger partial charge in [0.2, 0.25) is 0 Å². The second kappa shape index (κ2) is 5.09. The van der Waals surface area contributed by atoms with Gasteiger partial charge in [-0.1, -0.05) is 0 Å². The SMILES string of the molecule is O=Cc1cc(OC(F)(F)F)cc(SC(F)(F)F)c1. The molecule has 2 nitrogen and oxygen atoms in total. The van der Waals surface area contributed by atoms with E-state index in [4.69, 9.17) is 0 Å². The molecule has 0 fully saturated rings. The third-order valence-electron chi connectivity index (χ3n) is 1.51. The number of alkyl halides is 6. The van der Waals surface area contributed by atoms with Gasteiger partial charge in [0.1, 0.15) is 12.0 Å². The number of halogens is 6. The third-order valence-corrected chi connectivity index (χ3v) is 2.21. The zero-order chi connectivity index (χ0) is 14.0. The van der Waals surface area contributed by atoms with E-state index in [0.29, 0.717) is 12.1 Å². The lowest BCUT2D eigenvalue weighted by molar-refractivity contribution is -0.274. The van der Waals surface area contributed by atoms with Gasteiger partial charge >= 0.3 is 11.9 Å². The quantitative estimate of drug-likeness (QED) is 0.478. The maximum absolute atomic E-state index is 12.1. The molecule has 0 atom stereocenters. The zero-order valence-electron chi connectivity index (χ0n) is 8.30. The fourth-order valence-corrected chi connectivity index (χ4v) is 1.68. The van der Waals surface area contributed by atoms with E-state index < -0.39 is 34.3 Å². The Hall–Kier alpha value is -1.38. The lowest BCUT2D eigenvalue weighted by Crippen LogP contribution is -2.17. The van der Waals surface area contributed by atoms with Crippen LogP contribution in [-0.2, 0) is 0 Å². The first kappa shape index (κ1) is 14.7. The van der Waals surface area contributed by atoms with Crippen LogP contribution < -0.4 is 4.74 Å². The van der Waals surface area contributed by atoms with E-state index in [0.717, 1.165) is 6.07 Å². The van der Waals surface area contributed by atoms with Gasteiger partial charge in [-0.2, -0.15) is 13.2 Å². The summed E-state index contributed by atoms with van der Waals surface area (Å²) >= 11 is -0.636. The molecule has 0 unspecified atom stereocenters. The van der Waals surface area contributed by atoms with Crippen molar-refractivity contribution in [3.63, 3.8) is 0 Å². The van der Waals surface area contributed by atoms with Gasteiger partial charge in [-0.3, -0.25) is 4.79 Å². The summed E-state index contributed by atoms with van der Waals surface area (Å²) < 4.78 is 75.4. The van der Waals surface area contributed by atoms with Gasteiger partial charge in [0.25, 0.3) is 0 Å². The largest absolute Gasteiger partial charge is 0.573 e. The Bertz CT molecular complexity index is 405. The van der Waals surface area contributed by atoms with Crippen LogP contribution in [0.3, 0.4) is 0 Å². The predicted molar refractivity (Wildman–Crippen MR) is 50.4 cm³/mol. The number of benzene rings is 1. The molecule has 0 radical (unpaired) electrons. The fraction of sp³-hybridized carbons (Fsp3) is 0.222. The predicted octanol–water partition coefficient (Wildman–Crippen LogP) is 4.01.